The minimum absolute atomic E-state index is 0.00332. The van der Waals surface area contributed by atoms with Crippen molar-refractivity contribution in [2.24, 2.45) is 0 Å². The summed E-state index contributed by atoms with van der Waals surface area (Å²) >= 11 is 0. The summed E-state index contributed by atoms with van der Waals surface area (Å²) in [6.45, 7) is 4.16. The molecular weight excluding hydrogens is 729 g/mol. The number of ether oxygens (including phenoxy) is 2. The number of unbranched alkanes of at least 4 members (excludes halogenated alkanes) is 16. The molecule has 1 unspecified atom stereocenters. The SMILES string of the molecule is CCCCC/C=C\C/C=C\C/C=C\C=C\[C@H](O)CCCC(=O)O[C@H](COC(=O)CCCCCCCCCCCCCCCC)COP(=O)(O)OCC[N+](C)(C)C. The van der Waals surface area contributed by atoms with Gasteiger partial charge in [-0.3, -0.25) is 18.6 Å². The Morgan fingerprint density at radius 3 is 1.79 bits per heavy atom. The van der Waals surface area contributed by atoms with Crippen LogP contribution in [0, 0.1) is 0 Å². The molecule has 0 rings (SSSR count). The first-order chi connectivity index (χ1) is 26.9. The number of nitrogens with zero attached hydrogens (tertiary/aromatic N) is 1. The van der Waals surface area contributed by atoms with Crippen LogP contribution in [-0.4, -0.2) is 86.1 Å². The summed E-state index contributed by atoms with van der Waals surface area (Å²) in [5.74, 6) is -0.999. The molecule has 0 aromatic carbocycles. The lowest BCUT2D eigenvalue weighted by atomic mass is 10.0. The van der Waals surface area contributed by atoms with Crippen LogP contribution in [0.25, 0.3) is 0 Å². The Morgan fingerprint density at radius 1 is 0.643 bits per heavy atom. The number of phosphoric acid groups is 1. The Hall–Kier alpha value is -2.07. The minimum Gasteiger partial charge on any atom is -0.462 e. The molecule has 0 heterocycles. The van der Waals surface area contributed by atoms with E-state index in [0.717, 1.165) is 32.1 Å². The molecule has 0 saturated heterocycles. The number of quaternary nitrogens is 1. The molecule has 0 aliphatic carbocycles. The van der Waals surface area contributed by atoms with Gasteiger partial charge in [0, 0.05) is 12.8 Å². The van der Waals surface area contributed by atoms with Crippen LogP contribution in [-0.2, 0) is 32.7 Å². The molecule has 326 valence electrons. The number of phosphoric ester groups is 1. The molecule has 0 fully saturated rings. The zero-order chi connectivity index (χ0) is 41.6. The van der Waals surface area contributed by atoms with Crippen LogP contribution in [0.4, 0.5) is 0 Å². The third kappa shape index (κ3) is 40.1. The molecule has 0 saturated carbocycles. The molecule has 0 bridgehead atoms. The van der Waals surface area contributed by atoms with E-state index in [-0.39, 0.29) is 26.1 Å². The van der Waals surface area contributed by atoms with Crippen LogP contribution >= 0.6 is 7.82 Å². The maximum absolute atomic E-state index is 12.7. The minimum atomic E-state index is -4.43. The van der Waals surface area contributed by atoms with E-state index in [4.69, 9.17) is 18.5 Å². The molecule has 0 aliphatic heterocycles. The Bertz CT molecular complexity index is 1120. The van der Waals surface area contributed by atoms with Crippen molar-refractivity contribution >= 4 is 19.8 Å². The van der Waals surface area contributed by atoms with E-state index in [2.05, 4.69) is 38.2 Å². The molecule has 56 heavy (non-hydrogen) atoms. The van der Waals surface area contributed by atoms with E-state index in [9.17, 15) is 24.2 Å². The highest BCUT2D eigenvalue weighted by Gasteiger charge is 2.27. The standard InChI is InChI=1S/C45H82NO9P/c1-6-8-10-12-14-16-18-20-22-24-26-28-30-32-36-44(48)52-40-43(41-54-56(50,51)53-39-38-46(3,4)5)55-45(49)37-33-35-42(47)34-31-29-27-25-23-21-19-17-15-13-11-9-7-2/h15,17,21,23,27,29,31,34,42-43,47H,6-14,16,18-20,22,24-26,28,30,32-33,35-41H2,1-5H3/p+1/b17-15-,23-21-,29-27-,34-31+/t42-,43+/m0/s1. The number of carbonyl (C=O) groups is 2. The Labute approximate surface area is 342 Å². The van der Waals surface area contributed by atoms with Gasteiger partial charge in [-0.05, 0) is 44.9 Å². The van der Waals surface area contributed by atoms with Crippen molar-refractivity contribution in [1.82, 2.24) is 0 Å². The molecule has 0 aromatic heterocycles. The average molecular weight is 813 g/mol. The average Bonchev–Trinajstić information content (AvgIpc) is 3.14. The highest BCUT2D eigenvalue weighted by atomic mass is 31.2. The van der Waals surface area contributed by atoms with Crippen LogP contribution in [0.2, 0.25) is 0 Å². The lowest BCUT2D eigenvalue weighted by Crippen LogP contribution is -2.37. The van der Waals surface area contributed by atoms with Crippen molar-refractivity contribution in [1.29, 1.82) is 0 Å². The van der Waals surface area contributed by atoms with Crippen molar-refractivity contribution in [2.45, 2.75) is 180 Å². The topological polar surface area (TPSA) is 129 Å². The summed E-state index contributed by atoms with van der Waals surface area (Å²) in [4.78, 5) is 35.4. The van der Waals surface area contributed by atoms with E-state index in [1.807, 2.05) is 33.3 Å². The highest BCUT2D eigenvalue weighted by molar-refractivity contribution is 7.47. The lowest BCUT2D eigenvalue weighted by Gasteiger charge is -2.24. The van der Waals surface area contributed by atoms with Gasteiger partial charge in [-0.25, -0.2) is 4.57 Å². The monoisotopic (exact) mass is 813 g/mol. The molecule has 10 nitrogen and oxygen atoms in total. The number of esters is 2. The molecule has 0 amide bonds. The second-order valence-corrected chi connectivity index (χ2v) is 17.4. The van der Waals surface area contributed by atoms with E-state index < -0.39 is 38.6 Å². The van der Waals surface area contributed by atoms with Crippen LogP contribution in [0.1, 0.15) is 168 Å². The summed E-state index contributed by atoms with van der Waals surface area (Å²) in [6.07, 6.45) is 39.0. The van der Waals surface area contributed by atoms with Crippen LogP contribution < -0.4 is 0 Å². The summed E-state index contributed by atoms with van der Waals surface area (Å²) in [5, 5.41) is 10.3. The van der Waals surface area contributed by atoms with Crippen molar-refractivity contribution in [3.8, 4) is 0 Å². The predicted molar refractivity (Wildman–Crippen MR) is 230 cm³/mol. The number of carbonyl (C=O) groups excluding carboxylic acids is 2. The smallest absolute Gasteiger partial charge is 0.462 e. The Morgan fingerprint density at radius 2 is 1.18 bits per heavy atom. The fourth-order valence-corrected chi connectivity index (χ4v) is 6.45. The van der Waals surface area contributed by atoms with Gasteiger partial charge in [-0.1, -0.05) is 159 Å². The first kappa shape index (κ1) is 53.9. The Balaban J connectivity index is 4.57. The van der Waals surface area contributed by atoms with E-state index in [0.29, 0.717) is 30.3 Å². The van der Waals surface area contributed by atoms with Gasteiger partial charge in [0.25, 0.3) is 0 Å². The van der Waals surface area contributed by atoms with Gasteiger partial charge in [0.05, 0.1) is 33.9 Å². The van der Waals surface area contributed by atoms with Crippen molar-refractivity contribution in [3.05, 3.63) is 48.6 Å². The Kier molecular flexibility index (Phi) is 35.8. The van der Waals surface area contributed by atoms with Gasteiger partial charge in [0.1, 0.15) is 19.8 Å². The maximum atomic E-state index is 12.7. The summed E-state index contributed by atoms with van der Waals surface area (Å²) in [7, 11) is 1.36. The molecule has 0 aliphatic rings. The zero-order valence-corrected chi connectivity index (χ0v) is 37.1. The normalized spacial score (nSPS) is 14.6. The molecule has 0 spiro atoms. The number of hydrogen-bond acceptors (Lipinski definition) is 8. The zero-order valence-electron chi connectivity index (χ0n) is 36.2. The van der Waals surface area contributed by atoms with Crippen molar-refractivity contribution < 1.29 is 47.2 Å². The summed E-state index contributed by atoms with van der Waals surface area (Å²) < 4.78 is 34.1. The van der Waals surface area contributed by atoms with Crippen LogP contribution in [0.5, 0.6) is 0 Å². The molecular formula is C45H83NO9P+. The number of allylic oxidation sites excluding steroid dienone is 7. The van der Waals surface area contributed by atoms with Gasteiger partial charge in [-0.2, -0.15) is 0 Å². The number of rotatable bonds is 39. The van der Waals surface area contributed by atoms with Gasteiger partial charge >= 0.3 is 19.8 Å². The molecule has 0 radical (unpaired) electrons. The summed E-state index contributed by atoms with van der Waals surface area (Å²) in [6, 6.07) is 0. The predicted octanol–water partition coefficient (Wildman–Crippen LogP) is 11.3. The number of aliphatic hydroxyl groups is 1. The lowest BCUT2D eigenvalue weighted by molar-refractivity contribution is -0.870. The largest absolute Gasteiger partial charge is 0.472 e. The molecule has 11 heteroatoms. The van der Waals surface area contributed by atoms with Crippen LogP contribution in [0.15, 0.2) is 48.6 Å². The fraction of sp³-hybridized carbons (Fsp3) is 0.778. The van der Waals surface area contributed by atoms with E-state index in [1.54, 1.807) is 12.2 Å². The van der Waals surface area contributed by atoms with Crippen molar-refractivity contribution in [2.75, 3.05) is 47.5 Å². The third-order valence-corrected chi connectivity index (χ3v) is 10.2. The van der Waals surface area contributed by atoms with Crippen molar-refractivity contribution in [3.63, 3.8) is 0 Å². The number of aliphatic hydroxyl groups excluding tert-OH is 1. The first-order valence-electron chi connectivity index (χ1n) is 22.0. The maximum Gasteiger partial charge on any atom is 0.472 e. The van der Waals surface area contributed by atoms with Gasteiger partial charge in [0.2, 0.25) is 0 Å². The summed E-state index contributed by atoms with van der Waals surface area (Å²) in [5.41, 5.74) is 0. The van der Waals surface area contributed by atoms with Gasteiger partial charge in [-0.15, -0.1) is 0 Å². The fourth-order valence-electron chi connectivity index (χ4n) is 5.70. The van der Waals surface area contributed by atoms with Crippen LogP contribution in [0.3, 0.4) is 0 Å². The first-order valence-corrected chi connectivity index (χ1v) is 23.5. The van der Waals surface area contributed by atoms with Gasteiger partial charge < -0.3 is 24.0 Å². The number of likely N-dealkylation sites (N-methyl/N-ethyl adjacent to an activating group) is 1. The highest BCUT2D eigenvalue weighted by Crippen LogP contribution is 2.43. The van der Waals surface area contributed by atoms with E-state index in [1.165, 1.54) is 89.9 Å². The second kappa shape index (κ2) is 37.2. The van der Waals surface area contributed by atoms with E-state index >= 15 is 0 Å². The quantitative estimate of drug-likeness (QED) is 0.0156. The third-order valence-electron chi connectivity index (χ3n) is 9.22. The molecule has 0 aromatic rings. The number of hydrogen-bond donors (Lipinski definition) is 2. The molecule has 2 N–H and O–H groups in total. The second-order valence-electron chi connectivity index (χ2n) is 15.9. The molecule has 3 atom stereocenters. The van der Waals surface area contributed by atoms with Gasteiger partial charge in [0.15, 0.2) is 6.10 Å².